The largest absolute Gasteiger partial charge is 0.488 e. The molecule has 0 saturated carbocycles. The number of benzene rings is 1. The number of nitrogens with zero attached hydrogens (tertiary/aromatic N) is 2. The molecular formula is C24H31N3O5S. The molecule has 2 aliphatic heterocycles. The first-order valence-corrected chi connectivity index (χ1v) is 12.7. The normalized spacial score (nSPS) is 19.2. The molecule has 3 heterocycles. The number of hydrogen-bond acceptors (Lipinski definition) is 6. The summed E-state index contributed by atoms with van der Waals surface area (Å²) in [6, 6.07) is 8.70. The number of aromatic nitrogens is 1. The van der Waals surface area contributed by atoms with Crippen LogP contribution >= 0.6 is 0 Å². The number of fused-ring (bicyclic) bond motifs is 1. The van der Waals surface area contributed by atoms with Crippen LogP contribution < -0.4 is 9.46 Å². The average Bonchev–Trinajstić information content (AvgIpc) is 3.21. The third kappa shape index (κ3) is 5.30. The number of rotatable bonds is 4. The molecule has 9 heteroatoms. The minimum absolute atomic E-state index is 0.0704. The Kier molecular flexibility index (Phi) is 6.37. The van der Waals surface area contributed by atoms with Crippen molar-refractivity contribution in [1.82, 2.24) is 14.6 Å². The van der Waals surface area contributed by atoms with Gasteiger partial charge in [0.1, 0.15) is 17.5 Å². The smallest absolute Gasteiger partial charge is 0.410 e. The summed E-state index contributed by atoms with van der Waals surface area (Å²) in [6.07, 6.45) is 4.12. The van der Waals surface area contributed by atoms with E-state index in [0.717, 1.165) is 41.8 Å². The highest BCUT2D eigenvalue weighted by Gasteiger charge is 2.35. The molecule has 1 unspecified atom stereocenters. The number of likely N-dealkylation sites (tertiary alicyclic amines) is 1. The number of nitrogens with one attached hydrogen (secondary N) is 1. The Labute approximate surface area is 195 Å². The van der Waals surface area contributed by atoms with E-state index in [2.05, 4.69) is 9.71 Å². The van der Waals surface area contributed by atoms with E-state index >= 15 is 0 Å². The van der Waals surface area contributed by atoms with Crippen molar-refractivity contribution < 1.29 is 22.7 Å². The van der Waals surface area contributed by atoms with E-state index in [9.17, 15) is 13.2 Å². The topological polar surface area (TPSA) is 97.8 Å². The van der Waals surface area contributed by atoms with Crippen LogP contribution in [-0.4, -0.2) is 56.2 Å². The van der Waals surface area contributed by atoms with Gasteiger partial charge in [0.05, 0.1) is 16.8 Å². The van der Waals surface area contributed by atoms with Gasteiger partial charge < -0.3 is 14.4 Å². The van der Waals surface area contributed by atoms with Crippen molar-refractivity contribution in [2.45, 2.75) is 56.6 Å². The number of carbonyl (C=O) groups excluding carboxylic acids is 1. The van der Waals surface area contributed by atoms with Crippen LogP contribution in [0.1, 0.15) is 39.2 Å². The number of carbonyl (C=O) groups is 1. The fourth-order valence-electron chi connectivity index (χ4n) is 4.30. The summed E-state index contributed by atoms with van der Waals surface area (Å²) in [5.74, 6) is 1.17. The number of hydrogen-bond donors (Lipinski definition) is 1. The molecule has 0 bridgehead atoms. The highest BCUT2D eigenvalue weighted by molar-refractivity contribution is 7.89. The van der Waals surface area contributed by atoms with E-state index in [1.807, 2.05) is 26.8 Å². The van der Waals surface area contributed by atoms with E-state index in [0.29, 0.717) is 19.0 Å². The van der Waals surface area contributed by atoms with Crippen LogP contribution in [0.4, 0.5) is 4.79 Å². The second-order valence-electron chi connectivity index (χ2n) is 9.57. The Balaban J connectivity index is 1.38. The van der Waals surface area contributed by atoms with E-state index in [1.165, 1.54) is 7.05 Å². The van der Waals surface area contributed by atoms with Crippen molar-refractivity contribution in [1.29, 1.82) is 0 Å². The van der Waals surface area contributed by atoms with Gasteiger partial charge in [-0.3, -0.25) is 4.98 Å². The first-order valence-electron chi connectivity index (χ1n) is 11.2. The SMILES string of the molecule is CNS(=O)(=O)c1ccc(-c2cc3c(cn2)OC(C2CCN(C(=O)OC(C)(C)C)CC2)C3)cc1. The fourth-order valence-corrected chi connectivity index (χ4v) is 5.03. The van der Waals surface area contributed by atoms with Crippen molar-refractivity contribution in [2.75, 3.05) is 20.1 Å². The molecule has 1 aromatic carbocycles. The Hall–Kier alpha value is -2.65. The predicted molar refractivity (Wildman–Crippen MR) is 125 cm³/mol. The lowest BCUT2D eigenvalue weighted by atomic mass is 9.89. The standard InChI is InChI=1S/C24H31N3O5S/c1-24(2,3)32-23(28)27-11-9-17(10-12-27)21-14-18-13-20(26-15-22(18)31-21)16-5-7-19(8-6-16)33(29,30)25-4/h5-8,13,15,17,21,25H,9-12,14H2,1-4H3. The summed E-state index contributed by atoms with van der Waals surface area (Å²) in [7, 11) is -2.08. The maximum atomic E-state index is 12.3. The van der Waals surface area contributed by atoms with E-state index in [1.54, 1.807) is 35.4 Å². The minimum atomic E-state index is -3.47. The Bertz CT molecular complexity index is 1120. The molecule has 1 N–H and O–H groups in total. The summed E-state index contributed by atoms with van der Waals surface area (Å²) in [6.45, 7) is 6.97. The van der Waals surface area contributed by atoms with Crippen molar-refractivity contribution in [3.63, 3.8) is 0 Å². The van der Waals surface area contributed by atoms with Crippen molar-refractivity contribution in [3.05, 3.63) is 42.1 Å². The van der Waals surface area contributed by atoms with Crippen LogP contribution in [0.3, 0.4) is 0 Å². The van der Waals surface area contributed by atoms with Gasteiger partial charge >= 0.3 is 6.09 Å². The van der Waals surface area contributed by atoms with E-state index in [-0.39, 0.29) is 17.1 Å². The lowest BCUT2D eigenvalue weighted by molar-refractivity contribution is 0.0123. The van der Waals surface area contributed by atoms with Crippen LogP contribution in [0.25, 0.3) is 11.3 Å². The third-order valence-electron chi connectivity index (χ3n) is 6.09. The van der Waals surface area contributed by atoms with Gasteiger partial charge in [-0.05, 0) is 64.8 Å². The van der Waals surface area contributed by atoms with Gasteiger partial charge in [0.15, 0.2) is 0 Å². The van der Waals surface area contributed by atoms with Gasteiger partial charge in [-0.2, -0.15) is 0 Å². The van der Waals surface area contributed by atoms with Gasteiger partial charge in [-0.15, -0.1) is 0 Å². The highest BCUT2D eigenvalue weighted by atomic mass is 32.2. The zero-order valence-electron chi connectivity index (χ0n) is 19.5. The minimum Gasteiger partial charge on any atom is -0.488 e. The first-order chi connectivity index (χ1) is 15.6. The molecule has 2 aromatic rings. The summed E-state index contributed by atoms with van der Waals surface area (Å²) in [5, 5.41) is 0. The molecular weight excluding hydrogens is 442 g/mol. The second-order valence-corrected chi connectivity index (χ2v) is 11.5. The number of ether oxygens (including phenoxy) is 2. The molecule has 1 amide bonds. The Morgan fingerprint density at radius 1 is 1.18 bits per heavy atom. The van der Waals surface area contributed by atoms with Crippen LogP contribution in [-0.2, 0) is 21.2 Å². The summed E-state index contributed by atoms with van der Waals surface area (Å²) < 4.78 is 37.9. The molecule has 0 aliphatic carbocycles. The Morgan fingerprint density at radius 3 is 2.45 bits per heavy atom. The second kappa shape index (κ2) is 8.95. The molecule has 178 valence electrons. The molecule has 8 nitrogen and oxygen atoms in total. The van der Waals surface area contributed by atoms with E-state index in [4.69, 9.17) is 9.47 Å². The summed E-state index contributed by atoms with van der Waals surface area (Å²) in [5.41, 5.74) is 2.25. The van der Waals surface area contributed by atoms with Gasteiger partial charge in [0.25, 0.3) is 0 Å². The van der Waals surface area contributed by atoms with Gasteiger partial charge in [0, 0.05) is 30.6 Å². The number of piperidine rings is 1. The van der Waals surface area contributed by atoms with Crippen LogP contribution in [0.2, 0.25) is 0 Å². The third-order valence-corrected chi connectivity index (χ3v) is 7.52. The zero-order chi connectivity index (χ0) is 23.8. The van der Waals surface area contributed by atoms with Crippen molar-refractivity contribution in [3.8, 4) is 17.0 Å². The highest BCUT2D eigenvalue weighted by Crippen LogP contribution is 2.36. The quantitative estimate of drug-likeness (QED) is 0.729. The van der Waals surface area contributed by atoms with Gasteiger partial charge in [-0.1, -0.05) is 12.1 Å². The predicted octanol–water partition coefficient (Wildman–Crippen LogP) is 3.61. The summed E-state index contributed by atoms with van der Waals surface area (Å²) in [4.78, 5) is 18.8. The summed E-state index contributed by atoms with van der Waals surface area (Å²) >= 11 is 0. The molecule has 1 saturated heterocycles. The van der Waals surface area contributed by atoms with Gasteiger partial charge in [-0.25, -0.2) is 17.9 Å². The molecule has 1 atom stereocenters. The van der Waals surface area contributed by atoms with Crippen molar-refractivity contribution >= 4 is 16.1 Å². The molecule has 1 fully saturated rings. The van der Waals surface area contributed by atoms with Crippen molar-refractivity contribution in [2.24, 2.45) is 5.92 Å². The monoisotopic (exact) mass is 473 g/mol. The molecule has 2 aliphatic rings. The maximum absolute atomic E-state index is 12.3. The van der Waals surface area contributed by atoms with Crippen LogP contribution in [0.15, 0.2) is 41.4 Å². The Morgan fingerprint density at radius 2 is 1.85 bits per heavy atom. The average molecular weight is 474 g/mol. The molecule has 33 heavy (non-hydrogen) atoms. The fraction of sp³-hybridized carbons (Fsp3) is 0.500. The lowest BCUT2D eigenvalue weighted by Gasteiger charge is -2.35. The molecule has 1 aromatic heterocycles. The molecule has 0 spiro atoms. The van der Waals surface area contributed by atoms with E-state index < -0.39 is 15.6 Å². The van der Waals surface area contributed by atoms with Gasteiger partial charge in [0.2, 0.25) is 10.0 Å². The first kappa shape index (κ1) is 23.5. The lowest BCUT2D eigenvalue weighted by Crippen LogP contribution is -2.44. The molecule has 4 rings (SSSR count). The number of pyridine rings is 1. The van der Waals surface area contributed by atoms with Crippen LogP contribution in [0, 0.1) is 5.92 Å². The number of sulfonamides is 1. The maximum Gasteiger partial charge on any atom is 0.410 e. The zero-order valence-corrected chi connectivity index (χ0v) is 20.3. The number of amides is 1. The van der Waals surface area contributed by atoms with Crippen LogP contribution in [0.5, 0.6) is 5.75 Å². The molecule has 0 radical (unpaired) electrons.